The molecule has 0 aliphatic carbocycles. The number of aromatic nitrogens is 2. The van der Waals surface area contributed by atoms with E-state index in [1.54, 1.807) is 6.92 Å². The van der Waals surface area contributed by atoms with Crippen molar-refractivity contribution in [3.63, 3.8) is 0 Å². The van der Waals surface area contributed by atoms with E-state index in [1.165, 1.54) is 24.3 Å². The molecule has 2 rings (SSSR count). The second-order valence-corrected chi connectivity index (χ2v) is 6.34. The summed E-state index contributed by atoms with van der Waals surface area (Å²) in [6.07, 6.45) is 0. The Labute approximate surface area is 139 Å². The molecule has 0 aliphatic rings. The molecule has 0 radical (unpaired) electrons. The molecule has 1 aromatic carbocycles. The number of azo groups is 1. The lowest BCUT2D eigenvalue weighted by atomic mass is 10.3. The molecular formula is C14H16N6O3S. The number of hydrogen-bond donors (Lipinski definition) is 2. The van der Waals surface area contributed by atoms with Crippen LogP contribution in [0.15, 0.2) is 50.6 Å². The molecule has 9 nitrogen and oxygen atoms in total. The van der Waals surface area contributed by atoms with Crippen LogP contribution in [0.2, 0.25) is 0 Å². The largest absolute Gasteiger partial charge is 0.294 e. The van der Waals surface area contributed by atoms with Crippen molar-refractivity contribution in [1.29, 1.82) is 0 Å². The molecular weight excluding hydrogens is 332 g/mol. The number of rotatable bonds is 4. The van der Waals surface area contributed by atoms with Gasteiger partial charge in [-0.25, -0.2) is 9.97 Å². The summed E-state index contributed by atoms with van der Waals surface area (Å²) in [6, 6.07) is 7.27. The Balaban J connectivity index is 2.04. The van der Waals surface area contributed by atoms with Crippen molar-refractivity contribution in [2.45, 2.75) is 25.7 Å². The zero-order valence-electron chi connectivity index (χ0n) is 13.3. The molecule has 2 aromatic rings. The second kappa shape index (κ2) is 7.23. The lowest BCUT2D eigenvalue weighted by Gasteiger charge is -2.01. The first kappa shape index (κ1) is 17.6. The third-order valence-electron chi connectivity index (χ3n) is 2.75. The van der Waals surface area contributed by atoms with Gasteiger partial charge in [0.05, 0.1) is 10.6 Å². The molecule has 0 amide bonds. The topological polar surface area (TPSA) is 129 Å². The summed E-state index contributed by atoms with van der Waals surface area (Å²) in [5.41, 5.74) is 4.82. The summed E-state index contributed by atoms with van der Waals surface area (Å²) in [5.74, 6) is 0.580. The molecule has 0 bridgehead atoms. The minimum atomic E-state index is -4.21. The highest BCUT2D eigenvalue weighted by Crippen LogP contribution is 2.14. The first-order valence-corrected chi connectivity index (χ1v) is 8.30. The molecule has 0 atom stereocenters. The van der Waals surface area contributed by atoms with Crippen molar-refractivity contribution in [3.8, 4) is 0 Å². The van der Waals surface area contributed by atoms with Gasteiger partial charge in [0.1, 0.15) is 0 Å². The Morgan fingerprint density at radius 3 is 2.25 bits per heavy atom. The third-order valence-corrected chi connectivity index (χ3v) is 3.62. The highest BCUT2D eigenvalue weighted by Gasteiger charge is 2.08. The van der Waals surface area contributed by atoms with Gasteiger partial charge in [-0.2, -0.15) is 13.5 Å². The fourth-order valence-electron chi connectivity index (χ4n) is 1.74. The van der Waals surface area contributed by atoms with Crippen LogP contribution >= 0.6 is 0 Å². The van der Waals surface area contributed by atoms with Crippen molar-refractivity contribution >= 4 is 27.6 Å². The van der Waals surface area contributed by atoms with Crippen LogP contribution in [0.1, 0.15) is 18.3 Å². The van der Waals surface area contributed by atoms with Gasteiger partial charge in [-0.3, -0.25) is 9.98 Å². The fraction of sp³-hybridized carbons (Fsp3) is 0.214. The molecule has 10 heteroatoms. The maximum absolute atomic E-state index is 10.9. The summed E-state index contributed by atoms with van der Waals surface area (Å²) in [6.45, 7) is 5.31. The van der Waals surface area contributed by atoms with Gasteiger partial charge in [0.15, 0.2) is 5.84 Å². The Hall–Kier alpha value is -2.72. The molecule has 126 valence electrons. The van der Waals surface area contributed by atoms with Crippen LogP contribution in [0.5, 0.6) is 0 Å². The minimum absolute atomic E-state index is 0.194. The van der Waals surface area contributed by atoms with Gasteiger partial charge in [-0.15, -0.1) is 10.2 Å². The zero-order valence-corrected chi connectivity index (χ0v) is 14.1. The van der Waals surface area contributed by atoms with Crippen LogP contribution in [0.3, 0.4) is 0 Å². The molecule has 24 heavy (non-hydrogen) atoms. The van der Waals surface area contributed by atoms with Crippen LogP contribution in [-0.4, -0.2) is 28.8 Å². The summed E-state index contributed by atoms with van der Waals surface area (Å²) in [4.78, 5) is 8.06. The van der Waals surface area contributed by atoms with Crippen molar-refractivity contribution in [2.24, 2.45) is 15.3 Å². The smallest absolute Gasteiger partial charge is 0.282 e. The number of benzene rings is 1. The number of aryl methyl sites for hydroxylation is 2. The molecule has 0 saturated carbocycles. The highest BCUT2D eigenvalue weighted by molar-refractivity contribution is 7.85. The van der Waals surface area contributed by atoms with Gasteiger partial charge in [0.2, 0.25) is 0 Å². The minimum Gasteiger partial charge on any atom is -0.282 e. The van der Waals surface area contributed by atoms with Gasteiger partial charge < -0.3 is 0 Å². The molecule has 2 N–H and O–H groups in total. The maximum atomic E-state index is 10.9. The summed E-state index contributed by atoms with van der Waals surface area (Å²) in [5, 5.41) is 11.8. The third kappa shape index (κ3) is 5.18. The second-order valence-electron chi connectivity index (χ2n) is 4.92. The Bertz CT molecular complexity index is 871. The quantitative estimate of drug-likeness (QED) is 0.287. The summed E-state index contributed by atoms with van der Waals surface area (Å²) in [7, 11) is -4.21. The zero-order chi connectivity index (χ0) is 17.7. The standard InChI is InChI=1S/C14H16N6O3S/c1-9-8-10(2)16-14(15-9)20-18-11(3)17-19-12-4-6-13(7-5-12)24(21,22)23/h4-8,19H,1-3H3,(H,21,22,23)/b17-11-,20-18?. The number of anilines is 1. The average Bonchev–Trinajstić information content (AvgIpc) is 2.49. The Kier molecular flexibility index (Phi) is 5.31. The van der Waals surface area contributed by atoms with Gasteiger partial charge in [-0.05, 0) is 51.1 Å². The molecule has 0 aliphatic heterocycles. The fourth-order valence-corrected chi connectivity index (χ4v) is 2.22. The van der Waals surface area contributed by atoms with Gasteiger partial charge in [-0.1, -0.05) is 0 Å². The van der Waals surface area contributed by atoms with Crippen LogP contribution in [0.25, 0.3) is 0 Å². The van der Waals surface area contributed by atoms with E-state index in [0.717, 1.165) is 11.4 Å². The Morgan fingerprint density at radius 1 is 1.12 bits per heavy atom. The number of nitrogens with zero attached hydrogens (tertiary/aromatic N) is 5. The van der Waals surface area contributed by atoms with Crippen LogP contribution in [0, 0.1) is 13.8 Å². The van der Waals surface area contributed by atoms with Gasteiger partial charge in [0, 0.05) is 11.4 Å². The van der Waals surface area contributed by atoms with Crippen molar-refractivity contribution in [3.05, 3.63) is 41.7 Å². The molecule has 0 saturated heterocycles. The van der Waals surface area contributed by atoms with Gasteiger partial charge >= 0.3 is 0 Å². The lowest BCUT2D eigenvalue weighted by molar-refractivity contribution is 0.483. The predicted molar refractivity (Wildman–Crippen MR) is 89.0 cm³/mol. The Morgan fingerprint density at radius 2 is 1.71 bits per heavy atom. The summed E-state index contributed by atoms with van der Waals surface area (Å²) >= 11 is 0. The van der Waals surface area contributed by atoms with E-state index >= 15 is 0 Å². The first-order valence-electron chi connectivity index (χ1n) is 6.86. The molecule has 0 spiro atoms. The van der Waals surface area contributed by atoms with E-state index in [1.807, 2.05) is 19.9 Å². The van der Waals surface area contributed by atoms with E-state index in [-0.39, 0.29) is 10.8 Å². The molecule has 0 unspecified atom stereocenters. The van der Waals surface area contributed by atoms with E-state index in [0.29, 0.717) is 11.5 Å². The maximum Gasteiger partial charge on any atom is 0.294 e. The van der Waals surface area contributed by atoms with E-state index < -0.39 is 10.1 Å². The summed E-state index contributed by atoms with van der Waals surface area (Å²) < 4.78 is 30.8. The van der Waals surface area contributed by atoms with Crippen molar-refractivity contribution in [1.82, 2.24) is 9.97 Å². The molecule has 0 fully saturated rings. The van der Waals surface area contributed by atoms with Crippen LogP contribution in [-0.2, 0) is 10.1 Å². The normalized spacial score (nSPS) is 12.6. The van der Waals surface area contributed by atoms with E-state index in [2.05, 4.69) is 30.7 Å². The highest BCUT2D eigenvalue weighted by atomic mass is 32.2. The van der Waals surface area contributed by atoms with Crippen LogP contribution in [0.4, 0.5) is 11.6 Å². The predicted octanol–water partition coefficient (Wildman–Crippen LogP) is 2.87. The van der Waals surface area contributed by atoms with Gasteiger partial charge in [0.25, 0.3) is 16.1 Å². The van der Waals surface area contributed by atoms with Crippen molar-refractivity contribution < 1.29 is 13.0 Å². The number of hydrogen-bond acceptors (Lipinski definition) is 7. The van der Waals surface area contributed by atoms with Crippen LogP contribution < -0.4 is 5.43 Å². The SMILES string of the molecule is C/C(N=Nc1nc(C)cc(C)n1)=N/Nc1ccc(S(=O)(=O)O)cc1. The monoisotopic (exact) mass is 348 g/mol. The molecule has 1 heterocycles. The van der Waals surface area contributed by atoms with E-state index in [9.17, 15) is 8.42 Å². The number of hydrazone groups is 1. The lowest BCUT2D eigenvalue weighted by Crippen LogP contribution is -1.98. The average molecular weight is 348 g/mol. The van der Waals surface area contributed by atoms with E-state index in [4.69, 9.17) is 4.55 Å². The number of nitrogens with one attached hydrogen (secondary N) is 1. The van der Waals surface area contributed by atoms with Crippen molar-refractivity contribution in [2.75, 3.05) is 5.43 Å². The molecule has 1 aromatic heterocycles. The first-order chi connectivity index (χ1) is 11.2. The number of amidine groups is 1.